The number of rotatable bonds is 4. The van der Waals surface area contributed by atoms with E-state index in [4.69, 9.17) is 10.00 Å². The Balaban J connectivity index is 1.96. The molecule has 118 valence electrons. The molecule has 1 aromatic rings. The van der Waals surface area contributed by atoms with Gasteiger partial charge >= 0.3 is 0 Å². The molecule has 0 amide bonds. The first kappa shape index (κ1) is 16.7. The van der Waals surface area contributed by atoms with Crippen LogP contribution in [0.3, 0.4) is 0 Å². The largest absolute Gasteiger partial charge is 0.489 e. The summed E-state index contributed by atoms with van der Waals surface area (Å²) < 4.78 is 6.06. The van der Waals surface area contributed by atoms with E-state index in [1.807, 2.05) is 36.7 Å². The van der Waals surface area contributed by atoms with E-state index in [2.05, 4.69) is 22.1 Å². The highest BCUT2D eigenvalue weighted by Crippen LogP contribution is 2.22. The van der Waals surface area contributed by atoms with Crippen LogP contribution in [-0.2, 0) is 0 Å². The van der Waals surface area contributed by atoms with Gasteiger partial charge in [-0.1, -0.05) is 18.7 Å². The lowest BCUT2D eigenvalue weighted by Gasteiger charge is -2.32. The summed E-state index contributed by atoms with van der Waals surface area (Å²) in [6, 6.07) is 7.69. The van der Waals surface area contributed by atoms with Crippen molar-refractivity contribution in [1.82, 2.24) is 10.2 Å². The third-order valence-corrected chi connectivity index (χ3v) is 4.22. The number of nitrogens with one attached hydrogen (secondary N) is 1. The van der Waals surface area contributed by atoms with Gasteiger partial charge in [-0.3, -0.25) is 10.2 Å². The smallest absolute Gasteiger partial charge is 0.183 e. The quantitative estimate of drug-likeness (QED) is 0.400. The van der Waals surface area contributed by atoms with Crippen LogP contribution < -0.4 is 10.1 Å². The van der Waals surface area contributed by atoms with Gasteiger partial charge in [0.1, 0.15) is 11.9 Å². The average molecular weight is 318 g/mol. The normalized spacial score (nSPS) is 19.5. The van der Waals surface area contributed by atoms with Crippen LogP contribution in [0.15, 0.2) is 29.3 Å². The van der Waals surface area contributed by atoms with Crippen LogP contribution in [0.25, 0.3) is 0 Å². The lowest BCUT2D eigenvalue weighted by molar-refractivity contribution is 0.0920. The SMILES string of the molecule is CCN1CCCC(Oc2ccc(N=C(NC#N)SC)cc2)C1. The minimum absolute atomic E-state index is 0.269. The number of benzene rings is 1. The molecule has 0 spiro atoms. The third kappa shape index (κ3) is 4.93. The fourth-order valence-electron chi connectivity index (χ4n) is 2.48. The van der Waals surface area contributed by atoms with E-state index in [1.165, 1.54) is 24.7 Å². The number of likely N-dealkylation sites (N-methyl/N-ethyl adjacent to an activating group) is 1. The Morgan fingerprint density at radius 2 is 2.27 bits per heavy atom. The molecule has 0 radical (unpaired) electrons. The molecule has 0 aliphatic carbocycles. The van der Waals surface area contributed by atoms with Gasteiger partial charge < -0.3 is 4.74 Å². The molecule has 1 aromatic carbocycles. The molecule has 1 atom stereocenters. The maximum Gasteiger partial charge on any atom is 0.183 e. The molecule has 0 bridgehead atoms. The Labute approximate surface area is 136 Å². The van der Waals surface area contributed by atoms with Crippen molar-refractivity contribution in [3.8, 4) is 11.9 Å². The monoisotopic (exact) mass is 318 g/mol. The van der Waals surface area contributed by atoms with Crippen molar-refractivity contribution in [1.29, 1.82) is 5.26 Å². The minimum Gasteiger partial charge on any atom is -0.489 e. The van der Waals surface area contributed by atoms with Crippen molar-refractivity contribution < 1.29 is 4.74 Å². The highest BCUT2D eigenvalue weighted by Gasteiger charge is 2.19. The van der Waals surface area contributed by atoms with Crippen molar-refractivity contribution in [3.05, 3.63) is 24.3 Å². The fourth-order valence-corrected chi connectivity index (χ4v) is 2.82. The molecule has 0 aromatic heterocycles. The Morgan fingerprint density at radius 1 is 1.50 bits per heavy atom. The molecule has 1 fully saturated rings. The predicted molar refractivity (Wildman–Crippen MR) is 91.6 cm³/mol. The zero-order valence-electron chi connectivity index (χ0n) is 13.1. The van der Waals surface area contributed by atoms with Crippen LogP contribution in [0.1, 0.15) is 19.8 Å². The van der Waals surface area contributed by atoms with Gasteiger partial charge in [0.15, 0.2) is 11.4 Å². The van der Waals surface area contributed by atoms with Crippen LogP contribution in [0, 0.1) is 11.5 Å². The molecule has 1 heterocycles. The summed E-state index contributed by atoms with van der Waals surface area (Å²) in [5.74, 6) is 0.876. The zero-order valence-corrected chi connectivity index (χ0v) is 13.9. The first-order chi connectivity index (χ1) is 10.7. The molecule has 1 saturated heterocycles. The van der Waals surface area contributed by atoms with Gasteiger partial charge in [0.05, 0.1) is 5.69 Å². The Kier molecular flexibility index (Phi) is 6.56. The molecule has 22 heavy (non-hydrogen) atoms. The van der Waals surface area contributed by atoms with Gasteiger partial charge in [-0.25, -0.2) is 4.99 Å². The summed E-state index contributed by atoms with van der Waals surface area (Å²) in [5.41, 5.74) is 0.804. The lowest BCUT2D eigenvalue weighted by atomic mass is 10.1. The highest BCUT2D eigenvalue weighted by molar-refractivity contribution is 8.13. The van der Waals surface area contributed by atoms with Crippen molar-refractivity contribution in [2.45, 2.75) is 25.9 Å². The summed E-state index contributed by atoms with van der Waals surface area (Å²) in [4.78, 5) is 6.78. The third-order valence-electron chi connectivity index (χ3n) is 3.64. The van der Waals surface area contributed by atoms with Crippen molar-refractivity contribution in [3.63, 3.8) is 0 Å². The number of nitriles is 1. The number of nitrogens with zero attached hydrogens (tertiary/aromatic N) is 3. The van der Waals surface area contributed by atoms with E-state index < -0.39 is 0 Å². The van der Waals surface area contributed by atoms with Gasteiger partial charge in [-0.2, -0.15) is 5.26 Å². The van der Waals surface area contributed by atoms with Gasteiger partial charge in [0.2, 0.25) is 0 Å². The Hall–Kier alpha value is -1.71. The van der Waals surface area contributed by atoms with E-state index in [1.54, 1.807) is 0 Å². The van der Waals surface area contributed by atoms with Gasteiger partial charge in [-0.05, 0) is 56.5 Å². The van der Waals surface area contributed by atoms with E-state index >= 15 is 0 Å². The number of aliphatic imine (C=N–C) groups is 1. The Morgan fingerprint density at radius 3 is 2.91 bits per heavy atom. The second-order valence-corrected chi connectivity index (χ2v) is 5.92. The molecular weight excluding hydrogens is 296 g/mol. The van der Waals surface area contributed by atoms with Gasteiger partial charge in [0, 0.05) is 6.54 Å². The number of piperidine rings is 1. The Bertz CT molecular complexity index is 538. The molecular formula is C16H22N4OS. The number of amidine groups is 1. The predicted octanol–water partition coefficient (Wildman–Crippen LogP) is 2.97. The standard InChI is InChI=1S/C16H22N4OS/c1-3-20-10-4-5-15(11-20)21-14-8-6-13(7-9-14)19-16(22-2)18-12-17/h6-9,15H,3-5,10-11H2,1-2H3,(H,18,19). The number of ether oxygens (including phenoxy) is 1. The zero-order chi connectivity index (χ0) is 15.8. The van der Waals surface area contributed by atoms with E-state index in [0.717, 1.165) is 30.9 Å². The van der Waals surface area contributed by atoms with E-state index in [9.17, 15) is 0 Å². The van der Waals surface area contributed by atoms with E-state index in [-0.39, 0.29) is 6.10 Å². The number of thioether (sulfide) groups is 1. The van der Waals surface area contributed by atoms with Crippen LogP contribution >= 0.6 is 11.8 Å². The second kappa shape index (κ2) is 8.66. The van der Waals surface area contributed by atoms with Gasteiger partial charge in [0.25, 0.3) is 0 Å². The van der Waals surface area contributed by atoms with Gasteiger partial charge in [-0.15, -0.1) is 0 Å². The number of hydrogen-bond acceptors (Lipinski definition) is 5. The highest BCUT2D eigenvalue weighted by atomic mass is 32.2. The summed E-state index contributed by atoms with van der Waals surface area (Å²) in [6.07, 6.45) is 6.33. The summed E-state index contributed by atoms with van der Waals surface area (Å²) in [6.45, 7) is 5.44. The summed E-state index contributed by atoms with van der Waals surface area (Å²) >= 11 is 1.40. The molecule has 1 aliphatic rings. The first-order valence-corrected chi connectivity index (χ1v) is 8.74. The molecule has 6 heteroatoms. The number of likely N-dealkylation sites (tertiary alicyclic amines) is 1. The van der Waals surface area contributed by atoms with E-state index in [0.29, 0.717) is 5.17 Å². The summed E-state index contributed by atoms with van der Waals surface area (Å²) in [7, 11) is 0. The maximum absolute atomic E-state index is 8.63. The van der Waals surface area contributed by atoms with Crippen LogP contribution in [0.4, 0.5) is 5.69 Å². The van der Waals surface area contributed by atoms with Crippen LogP contribution in [0.2, 0.25) is 0 Å². The second-order valence-electron chi connectivity index (χ2n) is 5.13. The lowest BCUT2D eigenvalue weighted by Crippen LogP contribution is -2.40. The molecule has 5 nitrogen and oxygen atoms in total. The minimum atomic E-state index is 0.269. The summed E-state index contributed by atoms with van der Waals surface area (Å²) in [5, 5.41) is 11.8. The van der Waals surface area contributed by atoms with Crippen molar-refractivity contribution in [2.24, 2.45) is 4.99 Å². The molecule has 1 N–H and O–H groups in total. The fraction of sp³-hybridized carbons (Fsp3) is 0.500. The van der Waals surface area contributed by atoms with Crippen molar-refractivity contribution >= 4 is 22.6 Å². The molecule has 0 saturated carbocycles. The maximum atomic E-state index is 8.63. The number of hydrogen-bond donors (Lipinski definition) is 1. The van der Waals surface area contributed by atoms with Crippen molar-refractivity contribution in [2.75, 3.05) is 25.9 Å². The van der Waals surface area contributed by atoms with Crippen LogP contribution in [-0.4, -0.2) is 42.1 Å². The topological polar surface area (TPSA) is 60.6 Å². The first-order valence-electron chi connectivity index (χ1n) is 7.52. The average Bonchev–Trinajstić information content (AvgIpc) is 2.56. The molecule has 2 rings (SSSR count). The molecule has 1 unspecified atom stereocenters. The molecule has 1 aliphatic heterocycles. The van der Waals surface area contributed by atoms with Crippen LogP contribution in [0.5, 0.6) is 5.75 Å².